The van der Waals surface area contributed by atoms with Crippen molar-refractivity contribution in [2.45, 2.75) is 19.0 Å². The van der Waals surface area contributed by atoms with Crippen LogP contribution in [0.1, 0.15) is 21.0 Å². The summed E-state index contributed by atoms with van der Waals surface area (Å²) in [4.78, 5) is 24.3. The van der Waals surface area contributed by atoms with Gasteiger partial charge in [-0.25, -0.2) is 4.79 Å². The number of carbonyl (C=O) groups excluding carboxylic acids is 1. The standard InChI is InChI=1S/C20H14ClF3O4S/c21-12-5-3-11(4-6-12)14-10-29-17(18(14)19(26)27)9-16(25)15(20(22,23)24)8-13-2-1-7-28-13/h1-7,10,15H,8-9H2,(H,26,27). The molecule has 29 heavy (non-hydrogen) atoms. The van der Waals surface area contributed by atoms with E-state index in [4.69, 9.17) is 16.0 Å². The van der Waals surface area contributed by atoms with Crippen LogP contribution in [0.4, 0.5) is 13.2 Å². The molecule has 0 aliphatic heterocycles. The van der Waals surface area contributed by atoms with Crippen LogP contribution in [0.3, 0.4) is 0 Å². The molecule has 4 nitrogen and oxygen atoms in total. The molecule has 152 valence electrons. The molecule has 0 spiro atoms. The van der Waals surface area contributed by atoms with E-state index in [1.807, 2.05) is 0 Å². The fraction of sp³-hybridized carbons (Fsp3) is 0.200. The van der Waals surface area contributed by atoms with E-state index in [0.29, 0.717) is 16.1 Å². The summed E-state index contributed by atoms with van der Waals surface area (Å²) >= 11 is 6.78. The second-order valence-electron chi connectivity index (χ2n) is 6.28. The Morgan fingerprint density at radius 1 is 1.17 bits per heavy atom. The minimum atomic E-state index is -4.77. The van der Waals surface area contributed by atoms with E-state index < -0.39 is 36.7 Å². The smallest absolute Gasteiger partial charge is 0.399 e. The van der Waals surface area contributed by atoms with Gasteiger partial charge in [0.25, 0.3) is 0 Å². The van der Waals surface area contributed by atoms with Crippen LogP contribution in [0.2, 0.25) is 5.02 Å². The zero-order chi connectivity index (χ0) is 21.2. The Balaban J connectivity index is 1.91. The molecule has 2 heterocycles. The summed E-state index contributed by atoms with van der Waals surface area (Å²) < 4.78 is 45.3. The molecule has 0 saturated carbocycles. The molecule has 1 unspecified atom stereocenters. The van der Waals surface area contributed by atoms with Crippen molar-refractivity contribution in [3.05, 3.63) is 69.3 Å². The predicted octanol–water partition coefficient (Wildman–Crippen LogP) is 5.89. The first-order chi connectivity index (χ1) is 13.7. The summed E-state index contributed by atoms with van der Waals surface area (Å²) in [6.45, 7) is 0. The first-order valence-electron chi connectivity index (χ1n) is 8.38. The summed E-state index contributed by atoms with van der Waals surface area (Å²) in [7, 11) is 0. The number of carboxylic acid groups (broad SMARTS) is 1. The highest BCUT2D eigenvalue weighted by molar-refractivity contribution is 7.11. The summed E-state index contributed by atoms with van der Waals surface area (Å²) in [6.07, 6.45) is -4.81. The Morgan fingerprint density at radius 2 is 1.86 bits per heavy atom. The molecule has 0 amide bonds. The van der Waals surface area contributed by atoms with E-state index in [9.17, 15) is 27.9 Å². The Labute approximate surface area is 172 Å². The summed E-state index contributed by atoms with van der Waals surface area (Å²) in [6, 6.07) is 9.17. The third-order valence-electron chi connectivity index (χ3n) is 4.34. The molecule has 1 N–H and O–H groups in total. The van der Waals surface area contributed by atoms with Gasteiger partial charge in [-0.1, -0.05) is 23.7 Å². The minimum absolute atomic E-state index is 0.0344. The van der Waals surface area contributed by atoms with E-state index in [0.717, 1.165) is 11.3 Å². The van der Waals surface area contributed by atoms with Gasteiger partial charge in [-0.3, -0.25) is 4.79 Å². The first-order valence-corrected chi connectivity index (χ1v) is 9.64. The topological polar surface area (TPSA) is 67.5 Å². The number of carbonyl (C=O) groups is 2. The van der Waals surface area contributed by atoms with Crippen LogP contribution in [0.25, 0.3) is 11.1 Å². The van der Waals surface area contributed by atoms with Gasteiger partial charge >= 0.3 is 12.1 Å². The molecule has 2 aromatic heterocycles. The van der Waals surface area contributed by atoms with Gasteiger partial charge < -0.3 is 9.52 Å². The number of halogens is 4. The van der Waals surface area contributed by atoms with E-state index in [-0.39, 0.29) is 16.2 Å². The van der Waals surface area contributed by atoms with Crippen molar-refractivity contribution in [3.8, 4) is 11.1 Å². The van der Waals surface area contributed by atoms with Crippen molar-refractivity contribution < 1.29 is 32.3 Å². The Hall–Kier alpha value is -2.58. The van der Waals surface area contributed by atoms with Gasteiger partial charge in [0.05, 0.1) is 11.8 Å². The second-order valence-corrected chi connectivity index (χ2v) is 7.68. The van der Waals surface area contributed by atoms with Gasteiger partial charge in [-0.2, -0.15) is 13.2 Å². The highest BCUT2D eigenvalue weighted by atomic mass is 35.5. The zero-order valence-corrected chi connectivity index (χ0v) is 16.3. The van der Waals surface area contributed by atoms with Crippen molar-refractivity contribution in [2.24, 2.45) is 5.92 Å². The van der Waals surface area contributed by atoms with Crippen LogP contribution in [-0.2, 0) is 17.6 Å². The maximum atomic E-state index is 13.4. The van der Waals surface area contributed by atoms with Gasteiger partial charge in [0, 0.05) is 28.3 Å². The number of thiophene rings is 1. The zero-order valence-electron chi connectivity index (χ0n) is 14.7. The van der Waals surface area contributed by atoms with Gasteiger partial charge in [-0.15, -0.1) is 11.3 Å². The maximum Gasteiger partial charge on any atom is 0.399 e. The van der Waals surface area contributed by atoms with E-state index in [2.05, 4.69) is 0 Å². The lowest BCUT2D eigenvalue weighted by Gasteiger charge is -2.18. The number of carboxylic acids is 1. The fourth-order valence-corrected chi connectivity index (χ4v) is 4.11. The van der Waals surface area contributed by atoms with E-state index in [1.165, 1.54) is 23.8 Å². The molecule has 0 saturated heterocycles. The highest BCUT2D eigenvalue weighted by Gasteiger charge is 2.45. The van der Waals surface area contributed by atoms with Crippen molar-refractivity contribution >= 4 is 34.7 Å². The number of ketones is 1. The maximum absolute atomic E-state index is 13.4. The van der Waals surface area contributed by atoms with Gasteiger partial charge in [-0.05, 0) is 35.2 Å². The molecule has 1 atom stereocenters. The lowest BCUT2D eigenvalue weighted by atomic mass is 9.93. The molecule has 0 aliphatic rings. The third-order valence-corrected chi connectivity index (χ3v) is 5.58. The predicted molar refractivity (Wildman–Crippen MR) is 102 cm³/mol. The summed E-state index contributed by atoms with van der Waals surface area (Å²) in [5.41, 5.74) is 0.700. The average molecular weight is 443 g/mol. The quantitative estimate of drug-likeness (QED) is 0.495. The Kier molecular flexibility index (Phi) is 6.14. The second kappa shape index (κ2) is 8.42. The molecule has 3 aromatic rings. The van der Waals surface area contributed by atoms with E-state index in [1.54, 1.807) is 24.3 Å². The van der Waals surface area contributed by atoms with Crippen LogP contribution < -0.4 is 0 Å². The van der Waals surface area contributed by atoms with Gasteiger partial charge in [0.2, 0.25) is 0 Å². The number of hydrogen-bond donors (Lipinski definition) is 1. The van der Waals surface area contributed by atoms with E-state index >= 15 is 0 Å². The van der Waals surface area contributed by atoms with Crippen molar-refractivity contribution in [1.82, 2.24) is 0 Å². The van der Waals surface area contributed by atoms with Gasteiger partial charge in [0.15, 0.2) is 5.78 Å². The summed E-state index contributed by atoms with van der Waals surface area (Å²) in [5, 5.41) is 11.6. The van der Waals surface area contributed by atoms with Crippen LogP contribution in [-0.4, -0.2) is 23.0 Å². The normalized spacial score (nSPS) is 12.7. The average Bonchev–Trinajstić information content (AvgIpc) is 3.29. The molecular weight excluding hydrogens is 429 g/mol. The molecule has 9 heteroatoms. The SMILES string of the molecule is O=C(O)c1c(-c2ccc(Cl)cc2)csc1CC(=O)C(Cc1ccco1)C(F)(F)F. The number of aromatic carboxylic acids is 1. The Bertz CT molecular complexity index is 1010. The molecule has 3 rings (SSSR count). The first kappa shape index (κ1) is 21.1. The fourth-order valence-electron chi connectivity index (χ4n) is 2.93. The number of rotatable bonds is 7. The third kappa shape index (κ3) is 4.89. The molecule has 0 aliphatic carbocycles. The van der Waals surface area contributed by atoms with Crippen LogP contribution >= 0.6 is 22.9 Å². The number of Topliss-reactive ketones (excluding diaryl/α,β-unsaturated/α-hetero) is 1. The summed E-state index contributed by atoms with van der Waals surface area (Å²) in [5.74, 6) is -4.67. The number of hydrogen-bond acceptors (Lipinski definition) is 4. The highest BCUT2D eigenvalue weighted by Crippen LogP contribution is 2.36. The largest absolute Gasteiger partial charge is 0.478 e. The van der Waals surface area contributed by atoms with Crippen LogP contribution in [0.15, 0.2) is 52.5 Å². The molecule has 0 bridgehead atoms. The van der Waals surface area contributed by atoms with Crippen molar-refractivity contribution in [2.75, 3.05) is 0 Å². The molecule has 0 radical (unpaired) electrons. The molecular formula is C20H14ClF3O4S. The van der Waals surface area contributed by atoms with Gasteiger partial charge in [0.1, 0.15) is 11.7 Å². The lowest BCUT2D eigenvalue weighted by molar-refractivity contribution is -0.181. The number of furan rings is 1. The monoisotopic (exact) mass is 442 g/mol. The minimum Gasteiger partial charge on any atom is -0.478 e. The number of benzene rings is 1. The molecule has 1 aromatic carbocycles. The van der Waals surface area contributed by atoms with Crippen LogP contribution in [0.5, 0.6) is 0 Å². The Morgan fingerprint density at radius 3 is 2.41 bits per heavy atom. The number of alkyl halides is 3. The van der Waals surface area contributed by atoms with Crippen LogP contribution in [0, 0.1) is 5.92 Å². The molecule has 0 fully saturated rings. The van der Waals surface area contributed by atoms with Crippen molar-refractivity contribution in [1.29, 1.82) is 0 Å². The van der Waals surface area contributed by atoms with Crippen molar-refractivity contribution in [3.63, 3.8) is 0 Å². The lowest BCUT2D eigenvalue weighted by Crippen LogP contribution is -2.33.